The average Bonchev–Trinajstić information content (AvgIpc) is 2.58. The third-order valence-corrected chi connectivity index (χ3v) is 2.19. The maximum absolute atomic E-state index is 5.60. The number of benzene rings is 1. The minimum atomic E-state index is 0.625. The van der Waals surface area contributed by atoms with Gasteiger partial charge in [-0.05, 0) is 6.07 Å². The number of hydrogen-bond donors (Lipinski definition) is 2. The molecule has 0 spiro atoms. The Morgan fingerprint density at radius 1 is 1.31 bits per heavy atom. The Bertz CT molecular complexity index is 394. The summed E-state index contributed by atoms with van der Waals surface area (Å²) in [6, 6.07) is 8.19. The lowest BCUT2D eigenvalue weighted by Gasteiger charge is -2.00. The van der Waals surface area contributed by atoms with E-state index in [9.17, 15) is 0 Å². The van der Waals surface area contributed by atoms with E-state index in [1.807, 2.05) is 18.3 Å². The largest absolute Gasteiger partial charge is 0.382 e. The van der Waals surface area contributed by atoms with Gasteiger partial charge in [-0.15, -0.1) is 11.6 Å². The molecular weight excluding hydrogens is 184 g/mol. The fourth-order valence-electron chi connectivity index (χ4n) is 1.40. The van der Waals surface area contributed by atoms with Crippen LogP contribution in [0.25, 0.3) is 10.9 Å². The maximum atomic E-state index is 5.60. The zero-order chi connectivity index (χ0) is 9.10. The number of hydrogen-bond acceptors (Lipinski definition) is 1. The van der Waals surface area contributed by atoms with Crippen molar-refractivity contribution in [3.63, 3.8) is 0 Å². The minimum Gasteiger partial charge on any atom is -0.382 e. The molecule has 2 rings (SSSR count). The number of aromatic amines is 1. The molecule has 3 heteroatoms. The summed E-state index contributed by atoms with van der Waals surface area (Å²) >= 11 is 5.60. The van der Waals surface area contributed by atoms with E-state index < -0.39 is 0 Å². The second-order valence-corrected chi connectivity index (χ2v) is 3.24. The fourth-order valence-corrected chi connectivity index (χ4v) is 1.49. The number of aromatic nitrogens is 1. The van der Waals surface area contributed by atoms with Crippen LogP contribution in [0.1, 0.15) is 0 Å². The normalized spacial score (nSPS) is 10.5. The first kappa shape index (κ1) is 8.45. The average molecular weight is 195 g/mol. The lowest BCUT2D eigenvalue weighted by molar-refractivity contribution is 1.23. The van der Waals surface area contributed by atoms with Gasteiger partial charge >= 0.3 is 0 Å². The summed E-state index contributed by atoms with van der Waals surface area (Å²) < 4.78 is 0. The van der Waals surface area contributed by atoms with Gasteiger partial charge in [0.05, 0.1) is 5.69 Å². The summed E-state index contributed by atoms with van der Waals surface area (Å²) in [5.74, 6) is 0.625. The van der Waals surface area contributed by atoms with E-state index in [1.165, 1.54) is 5.39 Å². The number of anilines is 1. The van der Waals surface area contributed by atoms with Crippen LogP contribution in [-0.4, -0.2) is 17.4 Å². The van der Waals surface area contributed by atoms with Crippen LogP contribution in [0.4, 0.5) is 5.69 Å². The van der Waals surface area contributed by atoms with Gasteiger partial charge in [-0.1, -0.05) is 18.2 Å². The molecule has 1 aromatic heterocycles. The molecule has 0 atom stereocenters. The molecule has 0 aliphatic rings. The molecule has 0 radical (unpaired) electrons. The Morgan fingerprint density at radius 2 is 2.15 bits per heavy atom. The highest BCUT2D eigenvalue weighted by molar-refractivity contribution is 6.18. The van der Waals surface area contributed by atoms with Crippen molar-refractivity contribution in [2.45, 2.75) is 0 Å². The van der Waals surface area contributed by atoms with E-state index in [1.54, 1.807) is 0 Å². The van der Waals surface area contributed by atoms with Crippen molar-refractivity contribution in [3.05, 3.63) is 30.5 Å². The molecule has 2 aromatic rings. The number of halogens is 1. The number of alkyl halides is 1. The number of fused-ring (bicyclic) bond motifs is 1. The van der Waals surface area contributed by atoms with Crippen molar-refractivity contribution < 1.29 is 0 Å². The molecule has 0 saturated heterocycles. The van der Waals surface area contributed by atoms with Gasteiger partial charge in [0, 0.05) is 29.5 Å². The van der Waals surface area contributed by atoms with Gasteiger partial charge in [-0.2, -0.15) is 0 Å². The Hall–Kier alpha value is -1.15. The number of nitrogens with one attached hydrogen (secondary N) is 2. The highest BCUT2D eigenvalue weighted by atomic mass is 35.5. The van der Waals surface area contributed by atoms with Crippen molar-refractivity contribution in [2.24, 2.45) is 0 Å². The van der Waals surface area contributed by atoms with E-state index in [2.05, 4.69) is 22.4 Å². The Morgan fingerprint density at radius 3 is 3.00 bits per heavy atom. The van der Waals surface area contributed by atoms with Gasteiger partial charge in [0.2, 0.25) is 0 Å². The quantitative estimate of drug-likeness (QED) is 0.723. The van der Waals surface area contributed by atoms with Crippen molar-refractivity contribution in [2.75, 3.05) is 17.7 Å². The SMILES string of the molecule is ClCCNc1c[nH]c2ccccc12. The molecule has 0 aliphatic heterocycles. The monoisotopic (exact) mass is 194 g/mol. The summed E-state index contributed by atoms with van der Waals surface area (Å²) in [7, 11) is 0. The van der Waals surface area contributed by atoms with Crippen LogP contribution >= 0.6 is 11.6 Å². The van der Waals surface area contributed by atoms with Crippen LogP contribution in [0.3, 0.4) is 0 Å². The van der Waals surface area contributed by atoms with Crippen LogP contribution < -0.4 is 5.32 Å². The summed E-state index contributed by atoms with van der Waals surface area (Å²) in [5.41, 5.74) is 2.27. The molecule has 0 amide bonds. The topological polar surface area (TPSA) is 27.8 Å². The third kappa shape index (κ3) is 1.63. The molecule has 1 aromatic carbocycles. The van der Waals surface area contributed by atoms with Crippen LogP contribution in [0.2, 0.25) is 0 Å². The highest BCUT2D eigenvalue weighted by Crippen LogP contribution is 2.21. The zero-order valence-corrected chi connectivity index (χ0v) is 7.93. The number of rotatable bonds is 3. The first-order valence-electron chi connectivity index (χ1n) is 4.28. The molecule has 0 unspecified atom stereocenters. The summed E-state index contributed by atoms with van der Waals surface area (Å²) in [6.45, 7) is 0.795. The van der Waals surface area contributed by atoms with Crippen LogP contribution in [0, 0.1) is 0 Å². The van der Waals surface area contributed by atoms with Gasteiger partial charge in [0.15, 0.2) is 0 Å². The molecule has 0 fully saturated rings. The lowest BCUT2D eigenvalue weighted by Crippen LogP contribution is -2.01. The molecular formula is C10H11ClN2. The molecule has 0 bridgehead atoms. The molecule has 0 saturated carbocycles. The van der Waals surface area contributed by atoms with E-state index >= 15 is 0 Å². The van der Waals surface area contributed by atoms with E-state index in [0.717, 1.165) is 17.7 Å². The number of H-pyrrole nitrogens is 1. The highest BCUT2D eigenvalue weighted by Gasteiger charge is 1.99. The van der Waals surface area contributed by atoms with Crippen molar-refractivity contribution >= 4 is 28.2 Å². The summed E-state index contributed by atoms with van der Waals surface area (Å²) in [6.07, 6.45) is 1.97. The van der Waals surface area contributed by atoms with Crippen LogP contribution in [-0.2, 0) is 0 Å². The molecule has 2 nitrogen and oxygen atoms in total. The summed E-state index contributed by atoms with van der Waals surface area (Å²) in [4.78, 5) is 3.19. The maximum Gasteiger partial charge on any atom is 0.0598 e. The predicted octanol–water partition coefficient (Wildman–Crippen LogP) is 2.82. The predicted molar refractivity (Wildman–Crippen MR) is 57.5 cm³/mol. The van der Waals surface area contributed by atoms with Gasteiger partial charge in [0.25, 0.3) is 0 Å². The van der Waals surface area contributed by atoms with Crippen LogP contribution in [0.5, 0.6) is 0 Å². The molecule has 1 heterocycles. The van der Waals surface area contributed by atoms with Gasteiger partial charge in [-0.3, -0.25) is 0 Å². The second kappa shape index (κ2) is 3.71. The van der Waals surface area contributed by atoms with Gasteiger partial charge < -0.3 is 10.3 Å². The third-order valence-electron chi connectivity index (χ3n) is 2.00. The lowest BCUT2D eigenvalue weighted by atomic mass is 10.2. The Kier molecular flexibility index (Phi) is 2.41. The molecule has 2 N–H and O–H groups in total. The minimum absolute atomic E-state index is 0.625. The van der Waals surface area contributed by atoms with Crippen molar-refractivity contribution in [1.82, 2.24) is 4.98 Å². The van der Waals surface area contributed by atoms with Gasteiger partial charge in [0.1, 0.15) is 0 Å². The van der Waals surface area contributed by atoms with E-state index in [-0.39, 0.29) is 0 Å². The first-order valence-corrected chi connectivity index (χ1v) is 4.81. The Balaban J connectivity index is 2.35. The van der Waals surface area contributed by atoms with E-state index in [4.69, 9.17) is 11.6 Å². The van der Waals surface area contributed by atoms with E-state index in [0.29, 0.717) is 5.88 Å². The second-order valence-electron chi connectivity index (χ2n) is 2.86. The Labute approximate surface area is 81.9 Å². The number of para-hydroxylation sites is 1. The fraction of sp³-hybridized carbons (Fsp3) is 0.200. The van der Waals surface area contributed by atoms with Gasteiger partial charge in [-0.25, -0.2) is 0 Å². The van der Waals surface area contributed by atoms with Crippen molar-refractivity contribution in [1.29, 1.82) is 0 Å². The van der Waals surface area contributed by atoms with Crippen LogP contribution in [0.15, 0.2) is 30.5 Å². The molecule has 13 heavy (non-hydrogen) atoms. The zero-order valence-electron chi connectivity index (χ0n) is 7.18. The smallest absolute Gasteiger partial charge is 0.0598 e. The first-order chi connectivity index (χ1) is 6.42. The summed E-state index contributed by atoms with van der Waals surface area (Å²) in [5, 5.41) is 4.47. The molecule has 0 aliphatic carbocycles. The standard InChI is InChI=1S/C10H11ClN2/c11-5-6-12-10-7-13-9-4-2-1-3-8(9)10/h1-4,7,12-13H,5-6H2. The molecule has 68 valence electrons. The van der Waals surface area contributed by atoms with Crippen molar-refractivity contribution in [3.8, 4) is 0 Å².